The van der Waals surface area contributed by atoms with Gasteiger partial charge in [0.25, 0.3) is 5.91 Å². The molecule has 2 N–H and O–H groups in total. The molecule has 3 aromatic rings. The minimum absolute atomic E-state index is 0.137. The van der Waals surface area contributed by atoms with E-state index in [-0.39, 0.29) is 11.0 Å². The van der Waals surface area contributed by atoms with Crippen molar-refractivity contribution in [2.75, 3.05) is 19.5 Å². The standard InChI is InChI=1S/C19H15ClIN3O3S2/c1-26-15-6-3-10(7-16(15)27-2)14-9-29-19(22-14)24-18(28)23-17(25)12-8-11(21)4-5-13(12)20/h3-9H,1-2H3,(H2,22,23,24,25,28). The number of thiocarbonyl (C=S) groups is 1. The average molecular weight is 560 g/mol. The summed E-state index contributed by atoms with van der Waals surface area (Å²) in [7, 11) is 3.16. The Hall–Kier alpha value is -1.95. The molecule has 0 unspecified atom stereocenters. The highest BCUT2D eigenvalue weighted by molar-refractivity contribution is 14.1. The molecular weight excluding hydrogens is 545 g/mol. The van der Waals surface area contributed by atoms with Gasteiger partial charge in [-0.1, -0.05) is 11.6 Å². The molecule has 0 spiro atoms. The van der Waals surface area contributed by atoms with Crippen LogP contribution in [-0.2, 0) is 0 Å². The fourth-order valence-corrected chi connectivity index (χ4v) is 4.10. The van der Waals surface area contributed by atoms with E-state index in [9.17, 15) is 4.79 Å². The number of ether oxygens (including phenoxy) is 2. The van der Waals surface area contributed by atoms with Crippen molar-refractivity contribution in [3.8, 4) is 22.8 Å². The zero-order valence-electron chi connectivity index (χ0n) is 15.3. The fourth-order valence-electron chi connectivity index (χ4n) is 2.43. The van der Waals surface area contributed by atoms with Crippen molar-refractivity contribution in [2.24, 2.45) is 0 Å². The fraction of sp³-hybridized carbons (Fsp3) is 0.105. The van der Waals surface area contributed by atoms with Gasteiger partial charge in [0.2, 0.25) is 0 Å². The van der Waals surface area contributed by atoms with E-state index in [0.717, 1.165) is 14.8 Å². The lowest BCUT2D eigenvalue weighted by molar-refractivity contribution is 0.0978. The summed E-state index contributed by atoms with van der Waals surface area (Å²) in [5.74, 6) is 0.871. The number of nitrogens with one attached hydrogen (secondary N) is 2. The molecule has 0 aliphatic carbocycles. The molecule has 0 aliphatic rings. The van der Waals surface area contributed by atoms with Crippen LogP contribution in [0.2, 0.25) is 5.02 Å². The van der Waals surface area contributed by atoms with Crippen molar-refractivity contribution in [3.63, 3.8) is 0 Å². The Kier molecular flexibility index (Phi) is 7.28. The Morgan fingerprint density at radius 2 is 1.93 bits per heavy atom. The van der Waals surface area contributed by atoms with E-state index in [1.165, 1.54) is 11.3 Å². The summed E-state index contributed by atoms with van der Waals surface area (Å²) >= 11 is 14.8. The highest BCUT2D eigenvalue weighted by atomic mass is 127. The number of aromatic nitrogens is 1. The third-order valence-electron chi connectivity index (χ3n) is 3.80. The molecule has 0 atom stereocenters. The van der Waals surface area contributed by atoms with E-state index in [1.54, 1.807) is 26.4 Å². The van der Waals surface area contributed by atoms with Crippen molar-refractivity contribution >= 4 is 73.9 Å². The van der Waals surface area contributed by atoms with Gasteiger partial charge in [-0.25, -0.2) is 4.98 Å². The average Bonchev–Trinajstić information content (AvgIpc) is 3.17. The number of amides is 1. The lowest BCUT2D eigenvalue weighted by atomic mass is 10.1. The lowest BCUT2D eigenvalue weighted by Crippen LogP contribution is -2.34. The zero-order valence-corrected chi connectivity index (χ0v) is 19.8. The number of carbonyl (C=O) groups is 1. The molecule has 29 heavy (non-hydrogen) atoms. The second kappa shape index (κ2) is 9.70. The Bertz CT molecular complexity index is 1070. The highest BCUT2D eigenvalue weighted by Crippen LogP contribution is 2.33. The van der Waals surface area contributed by atoms with Crippen LogP contribution in [0.25, 0.3) is 11.3 Å². The summed E-state index contributed by atoms with van der Waals surface area (Å²) in [6.07, 6.45) is 0. The van der Waals surface area contributed by atoms with Crippen LogP contribution in [0.15, 0.2) is 41.8 Å². The van der Waals surface area contributed by atoms with Crippen LogP contribution < -0.4 is 20.1 Å². The van der Waals surface area contributed by atoms with Gasteiger partial charge in [0.15, 0.2) is 21.7 Å². The van der Waals surface area contributed by atoms with Crippen molar-refractivity contribution in [3.05, 3.63) is 55.9 Å². The van der Waals surface area contributed by atoms with Gasteiger partial charge < -0.3 is 14.8 Å². The number of anilines is 1. The maximum Gasteiger partial charge on any atom is 0.258 e. The molecule has 0 bridgehead atoms. The minimum Gasteiger partial charge on any atom is -0.493 e. The number of rotatable bonds is 5. The van der Waals surface area contributed by atoms with Crippen LogP contribution in [0.3, 0.4) is 0 Å². The molecule has 0 aliphatic heterocycles. The third kappa shape index (κ3) is 5.35. The van der Waals surface area contributed by atoms with Crippen LogP contribution in [0.1, 0.15) is 10.4 Å². The number of hydrogen-bond acceptors (Lipinski definition) is 6. The van der Waals surface area contributed by atoms with E-state index in [1.807, 2.05) is 29.6 Å². The molecule has 1 heterocycles. The van der Waals surface area contributed by atoms with Gasteiger partial charge in [-0.3, -0.25) is 10.1 Å². The van der Waals surface area contributed by atoms with E-state index in [0.29, 0.717) is 27.2 Å². The SMILES string of the molecule is COc1ccc(-c2csc(NC(=S)NC(=O)c3cc(I)ccc3Cl)n2)cc1OC. The van der Waals surface area contributed by atoms with Crippen LogP contribution in [0.4, 0.5) is 5.13 Å². The highest BCUT2D eigenvalue weighted by Gasteiger charge is 2.14. The summed E-state index contributed by atoms with van der Waals surface area (Å²) in [4.78, 5) is 16.9. The Morgan fingerprint density at radius 3 is 2.66 bits per heavy atom. The first-order chi connectivity index (χ1) is 13.9. The first kappa shape index (κ1) is 21.8. The smallest absolute Gasteiger partial charge is 0.258 e. The number of carbonyl (C=O) groups excluding carboxylic acids is 1. The lowest BCUT2D eigenvalue weighted by Gasteiger charge is -2.09. The molecule has 2 aromatic carbocycles. The summed E-state index contributed by atoms with van der Waals surface area (Å²) in [6, 6.07) is 10.7. The number of nitrogens with zero attached hydrogens (tertiary/aromatic N) is 1. The second-order valence-electron chi connectivity index (χ2n) is 5.64. The maximum atomic E-state index is 12.4. The second-order valence-corrected chi connectivity index (χ2v) is 8.56. The number of hydrogen-bond donors (Lipinski definition) is 2. The summed E-state index contributed by atoms with van der Waals surface area (Å²) in [5.41, 5.74) is 1.97. The molecular formula is C19H15ClIN3O3S2. The van der Waals surface area contributed by atoms with Crippen molar-refractivity contribution in [1.82, 2.24) is 10.3 Å². The van der Waals surface area contributed by atoms with Crippen molar-refractivity contribution < 1.29 is 14.3 Å². The predicted molar refractivity (Wildman–Crippen MR) is 129 cm³/mol. The number of methoxy groups -OCH3 is 2. The molecule has 1 aromatic heterocycles. The van der Waals surface area contributed by atoms with Crippen LogP contribution in [0.5, 0.6) is 11.5 Å². The molecule has 1 amide bonds. The van der Waals surface area contributed by atoms with Crippen molar-refractivity contribution in [2.45, 2.75) is 0 Å². The number of thiazole rings is 1. The van der Waals surface area contributed by atoms with E-state index >= 15 is 0 Å². The van der Waals surface area contributed by atoms with E-state index < -0.39 is 0 Å². The molecule has 0 fully saturated rings. The van der Waals surface area contributed by atoms with E-state index in [2.05, 4.69) is 38.2 Å². The normalized spacial score (nSPS) is 10.3. The van der Waals surface area contributed by atoms with Gasteiger partial charge in [0, 0.05) is 14.5 Å². The predicted octanol–water partition coefficient (Wildman–Crippen LogP) is 5.21. The quantitative estimate of drug-likeness (QED) is 0.330. The Morgan fingerprint density at radius 1 is 1.17 bits per heavy atom. The number of halogens is 2. The number of benzene rings is 2. The van der Waals surface area contributed by atoms with Crippen LogP contribution in [0, 0.1) is 3.57 Å². The van der Waals surface area contributed by atoms with Gasteiger partial charge >= 0.3 is 0 Å². The maximum absolute atomic E-state index is 12.4. The van der Waals surface area contributed by atoms with Crippen LogP contribution in [-0.4, -0.2) is 30.2 Å². The molecule has 0 saturated heterocycles. The molecule has 0 radical (unpaired) electrons. The minimum atomic E-state index is -0.386. The zero-order chi connectivity index (χ0) is 21.0. The Labute approximate surface area is 195 Å². The topological polar surface area (TPSA) is 72.5 Å². The monoisotopic (exact) mass is 559 g/mol. The largest absolute Gasteiger partial charge is 0.493 e. The van der Waals surface area contributed by atoms with Gasteiger partial charge in [-0.2, -0.15) is 0 Å². The van der Waals surface area contributed by atoms with Crippen molar-refractivity contribution in [1.29, 1.82) is 0 Å². The molecule has 6 nitrogen and oxygen atoms in total. The summed E-state index contributed by atoms with van der Waals surface area (Å²) in [6.45, 7) is 0. The molecule has 10 heteroatoms. The first-order valence-corrected chi connectivity index (χ1v) is 10.9. The first-order valence-electron chi connectivity index (χ1n) is 8.16. The third-order valence-corrected chi connectivity index (χ3v) is 5.77. The molecule has 0 saturated carbocycles. The Balaban J connectivity index is 1.69. The molecule has 150 valence electrons. The van der Waals surface area contributed by atoms with E-state index in [4.69, 9.17) is 33.3 Å². The van der Waals surface area contributed by atoms with Gasteiger partial charge in [0.1, 0.15) is 0 Å². The summed E-state index contributed by atoms with van der Waals surface area (Å²) in [5, 5.41) is 8.47. The summed E-state index contributed by atoms with van der Waals surface area (Å²) < 4.78 is 11.5. The van der Waals surface area contributed by atoms with Crippen LogP contribution >= 0.6 is 57.7 Å². The van der Waals surface area contributed by atoms with Gasteiger partial charge in [-0.15, -0.1) is 11.3 Å². The van der Waals surface area contributed by atoms with Gasteiger partial charge in [0.05, 0.1) is 30.5 Å². The van der Waals surface area contributed by atoms with Gasteiger partial charge in [-0.05, 0) is 71.2 Å². The molecule has 3 rings (SSSR count).